The molecule has 2 aromatic heterocycles. The number of carbonyl (C=O) groups excluding carboxylic acids is 1. The van der Waals surface area contributed by atoms with E-state index in [1.165, 1.54) is 0 Å². The molecule has 128 valence electrons. The van der Waals surface area contributed by atoms with Gasteiger partial charge in [-0.25, -0.2) is 9.97 Å². The summed E-state index contributed by atoms with van der Waals surface area (Å²) in [6.45, 7) is 4.84. The van der Waals surface area contributed by atoms with Crippen LogP contribution in [0, 0.1) is 5.92 Å². The molecule has 3 rings (SSSR count). The number of nitrogens with zero attached hydrogens (tertiary/aromatic N) is 5. The van der Waals surface area contributed by atoms with Gasteiger partial charge in [0.1, 0.15) is 6.04 Å². The second kappa shape index (κ2) is 7.51. The van der Waals surface area contributed by atoms with Crippen molar-refractivity contribution in [1.82, 2.24) is 25.0 Å². The summed E-state index contributed by atoms with van der Waals surface area (Å²) in [5, 5.41) is 3.99. The number of carbonyl (C=O) groups is 1. The van der Waals surface area contributed by atoms with Crippen molar-refractivity contribution in [3.05, 3.63) is 24.4 Å². The topological polar surface area (TPSA) is 85.0 Å². The molecule has 1 aliphatic heterocycles. The van der Waals surface area contributed by atoms with E-state index in [0.29, 0.717) is 17.5 Å². The Bertz CT molecular complexity index is 673. The number of amides is 1. The minimum Gasteiger partial charge on any atom is -0.337 e. The van der Waals surface area contributed by atoms with E-state index >= 15 is 0 Å². The van der Waals surface area contributed by atoms with Crippen LogP contribution in [0.1, 0.15) is 57.9 Å². The van der Waals surface area contributed by atoms with Crippen LogP contribution in [0.5, 0.6) is 0 Å². The summed E-state index contributed by atoms with van der Waals surface area (Å²) in [5.74, 6) is 1.48. The average molecular weight is 329 g/mol. The molecule has 1 fully saturated rings. The number of hydrogen-bond donors (Lipinski definition) is 0. The number of piperidine rings is 1. The van der Waals surface area contributed by atoms with Crippen LogP contribution in [0.4, 0.5) is 0 Å². The first-order chi connectivity index (χ1) is 11.7. The monoisotopic (exact) mass is 329 g/mol. The highest BCUT2D eigenvalue weighted by molar-refractivity contribution is 5.79. The van der Waals surface area contributed by atoms with Gasteiger partial charge in [-0.3, -0.25) is 4.79 Å². The van der Waals surface area contributed by atoms with Crippen molar-refractivity contribution in [1.29, 1.82) is 0 Å². The van der Waals surface area contributed by atoms with Crippen LogP contribution in [-0.2, 0) is 4.79 Å². The van der Waals surface area contributed by atoms with Gasteiger partial charge in [0.25, 0.3) is 0 Å². The molecule has 3 heterocycles. The summed E-state index contributed by atoms with van der Waals surface area (Å²) in [7, 11) is 0. The van der Waals surface area contributed by atoms with Crippen molar-refractivity contribution in [2.45, 2.75) is 52.0 Å². The number of likely N-dealkylation sites (tertiary alicyclic amines) is 1. The van der Waals surface area contributed by atoms with E-state index in [-0.39, 0.29) is 17.9 Å². The highest BCUT2D eigenvalue weighted by Crippen LogP contribution is 2.32. The molecule has 7 nitrogen and oxygen atoms in total. The third-order valence-electron chi connectivity index (χ3n) is 4.42. The molecular weight excluding hydrogens is 306 g/mol. The lowest BCUT2D eigenvalue weighted by molar-refractivity contribution is -0.139. The van der Waals surface area contributed by atoms with Gasteiger partial charge in [0.2, 0.25) is 23.4 Å². The second-order valence-electron chi connectivity index (χ2n) is 6.26. The van der Waals surface area contributed by atoms with Crippen LogP contribution in [0.2, 0.25) is 0 Å². The van der Waals surface area contributed by atoms with Crippen LogP contribution >= 0.6 is 0 Å². The summed E-state index contributed by atoms with van der Waals surface area (Å²) >= 11 is 0. The van der Waals surface area contributed by atoms with Crippen LogP contribution in [0.3, 0.4) is 0 Å². The number of rotatable bonds is 5. The first-order valence-corrected chi connectivity index (χ1v) is 8.62. The van der Waals surface area contributed by atoms with Crippen molar-refractivity contribution in [2.75, 3.05) is 6.54 Å². The Balaban J connectivity index is 1.81. The van der Waals surface area contributed by atoms with Gasteiger partial charge in [0, 0.05) is 24.9 Å². The molecule has 7 heteroatoms. The van der Waals surface area contributed by atoms with Crippen molar-refractivity contribution < 1.29 is 9.32 Å². The Kier molecular flexibility index (Phi) is 5.17. The van der Waals surface area contributed by atoms with E-state index in [1.807, 2.05) is 11.8 Å². The van der Waals surface area contributed by atoms with Crippen molar-refractivity contribution >= 4 is 5.91 Å². The SMILES string of the molecule is CCC[C@H](C)C(=O)N1CCCC[C@H]1c1nc(-c2ncccn2)no1. The maximum Gasteiger partial charge on any atom is 0.249 e. The van der Waals surface area contributed by atoms with Gasteiger partial charge in [0.15, 0.2) is 0 Å². The van der Waals surface area contributed by atoms with Gasteiger partial charge >= 0.3 is 0 Å². The maximum absolute atomic E-state index is 12.8. The average Bonchev–Trinajstić information content (AvgIpc) is 3.12. The molecule has 0 unspecified atom stereocenters. The molecule has 1 saturated heterocycles. The highest BCUT2D eigenvalue weighted by Gasteiger charge is 2.34. The van der Waals surface area contributed by atoms with E-state index in [2.05, 4.69) is 27.0 Å². The molecule has 2 aromatic rings. The molecule has 24 heavy (non-hydrogen) atoms. The zero-order valence-corrected chi connectivity index (χ0v) is 14.2. The van der Waals surface area contributed by atoms with Gasteiger partial charge < -0.3 is 9.42 Å². The summed E-state index contributed by atoms with van der Waals surface area (Å²) in [5.41, 5.74) is 0. The molecule has 0 N–H and O–H groups in total. The molecule has 0 spiro atoms. The van der Waals surface area contributed by atoms with E-state index in [4.69, 9.17) is 4.52 Å². The van der Waals surface area contributed by atoms with Gasteiger partial charge in [-0.2, -0.15) is 4.98 Å². The first kappa shape index (κ1) is 16.5. The van der Waals surface area contributed by atoms with Crippen molar-refractivity contribution in [3.8, 4) is 11.6 Å². The van der Waals surface area contributed by atoms with E-state index in [0.717, 1.165) is 38.6 Å². The Hall–Kier alpha value is -2.31. The lowest BCUT2D eigenvalue weighted by Gasteiger charge is -2.35. The minimum atomic E-state index is -0.143. The molecule has 0 radical (unpaired) electrons. The summed E-state index contributed by atoms with van der Waals surface area (Å²) in [6, 6.07) is 1.59. The standard InChI is InChI=1S/C17H23N5O2/c1-3-7-12(2)17(23)22-11-5-4-8-13(22)16-20-15(21-24-16)14-18-9-6-10-19-14/h6,9-10,12-13H,3-5,7-8,11H2,1-2H3/t12-,13-/m0/s1. The number of hydrogen-bond acceptors (Lipinski definition) is 6. The molecule has 1 amide bonds. The first-order valence-electron chi connectivity index (χ1n) is 8.62. The molecule has 0 saturated carbocycles. The lowest BCUT2D eigenvalue weighted by Crippen LogP contribution is -2.41. The fourth-order valence-electron chi connectivity index (χ4n) is 3.17. The van der Waals surface area contributed by atoms with Crippen molar-refractivity contribution in [3.63, 3.8) is 0 Å². The Morgan fingerprint density at radius 2 is 2.12 bits per heavy atom. The third-order valence-corrected chi connectivity index (χ3v) is 4.42. The minimum absolute atomic E-state index is 0.0236. The highest BCUT2D eigenvalue weighted by atomic mass is 16.5. The van der Waals surface area contributed by atoms with E-state index in [9.17, 15) is 4.79 Å². The zero-order chi connectivity index (χ0) is 16.9. The van der Waals surface area contributed by atoms with Crippen LogP contribution in [0.15, 0.2) is 23.0 Å². The van der Waals surface area contributed by atoms with Crippen LogP contribution in [-0.4, -0.2) is 37.5 Å². The fraction of sp³-hybridized carbons (Fsp3) is 0.588. The van der Waals surface area contributed by atoms with Gasteiger partial charge in [-0.05, 0) is 31.7 Å². The summed E-state index contributed by atoms with van der Waals surface area (Å²) in [4.78, 5) is 27.4. The summed E-state index contributed by atoms with van der Waals surface area (Å²) in [6.07, 6.45) is 8.10. The Morgan fingerprint density at radius 1 is 1.33 bits per heavy atom. The largest absolute Gasteiger partial charge is 0.337 e. The number of aromatic nitrogens is 4. The van der Waals surface area contributed by atoms with Gasteiger partial charge in [-0.1, -0.05) is 25.4 Å². The molecule has 0 aromatic carbocycles. The molecule has 1 aliphatic rings. The zero-order valence-electron chi connectivity index (χ0n) is 14.2. The molecular formula is C17H23N5O2. The van der Waals surface area contributed by atoms with E-state index < -0.39 is 0 Å². The Labute approximate surface area is 141 Å². The van der Waals surface area contributed by atoms with Crippen LogP contribution in [0.25, 0.3) is 11.6 Å². The Morgan fingerprint density at radius 3 is 2.88 bits per heavy atom. The van der Waals surface area contributed by atoms with Crippen LogP contribution < -0.4 is 0 Å². The van der Waals surface area contributed by atoms with E-state index in [1.54, 1.807) is 18.5 Å². The van der Waals surface area contributed by atoms with Gasteiger partial charge in [-0.15, -0.1) is 0 Å². The predicted octanol–water partition coefficient (Wildman–Crippen LogP) is 3.02. The third kappa shape index (κ3) is 3.44. The van der Waals surface area contributed by atoms with Gasteiger partial charge in [0.05, 0.1) is 0 Å². The molecule has 2 atom stereocenters. The quantitative estimate of drug-likeness (QED) is 0.838. The fourth-order valence-corrected chi connectivity index (χ4v) is 3.17. The predicted molar refractivity (Wildman–Crippen MR) is 87.7 cm³/mol. The molecule has 0 aliphatic carbocycles. The smallest absolute Gasteiger partial charge is 0.249 e. The molecule has 0 bridgehead atoms. The lowest BCUT2D eigenvalue weighted by atomic mass is 9.97. The second-order valence-corrected chi connectivity index (χ2v) is 6.26. The summed E-state index contributed by atoms with van der Waals surface area (Å²) < 4.78 is 5.44. The normalized spacial score (nSPS) is 19.2. The van der Waals surface area contributed by atoms with Crippen molar-refractivity contribution in [2.24, 2.45) is 5.92 Å². The maximum atomic E-state index is 12.8.